The van der Waals surface area contributed by atoms with Gasteiger partial charge in [0.05, 0.1) is 16.6 Å². The fourth-order valence-corrected chi connectivity index (χ4v) is 4.72. The molecule has 1 aromatic carbocycles. The van der Waals surface area contributed by atoms with Gasteiger partial charge in [0.1, 0.15) is 0 Å². The molecule has 2 heterocycles. The molecule has 6 nitrogen and oxygen atoms in total. The van der Waals surface area contributed by atoms with Gasteiger partial charge in [0.15, 0.2) is 0 Å². The van der Waals surface area contributed by atoms with Crippen molar-refractivity contribution >= 4 is 10.0 Å². The summed E-state index contributed by atoms with van der Waals surface area (Å²) in [6.45, 7) is 3.05. The highest BCUT2D eigenvalue weighted by Crippen LogP contribution is 2.39. The molecule has 2 aliphatic rings. The summed E-state index contributed by atoms with van der Waals surface area (Å²) in [5.41, 5.74) is 2.19. The maximum Gasteiger partial charge on any atom is 0.243 e. The molecule has 0 spiro atoms. The molecule has 1 aliphatic heterocycles. The Morgan fingerprint density at radius 3 is 2.58 bits per heavy atom. The second-order valence-electron chi connectivity index (χ2n) is 6.70. The standard InChI is InChI=1S/C17H22N4O2S/c1-2-13-3-7-16(8-4-13)24(22,23)20-10-9-15(11-20)21-12-17(18-19-21)14-5-6-14/h3-4,7-8,12,14-15H,2,5-6,9-11H2,1H3. The number of sulfonamides is 1. The highest BCUT2D eigenvalue weighted by atomic mass is 32.2. The van der Waals surface area contributed by atoms with E-state index in [9.17, 15) is 8.42 Å². The lowest BCUT2D eigenvalue weighted by Gasteiger charge is -2.16. The number of rotatable bonds is 5. The van der Waals surface area contributed by atoms with Gasteiger partial charge in [0.2, 0.25) is 10.0 Å². The van der Waals surface area contributed by atoms with Crippen LogP contribution in [-0.2, 0) is 16.4 Å². The summed E-state index contributed by atoms with van der Waals surface area (Å²) in [6, 6.07) is 7.28. The van der Waals surface area contributed by atoms with E-state index in [0.717, 1.165) is 24.1 Å². The van der Waals surface area contributed by atoms with E-state index in [1.165, 1.54) is 12.8 Å². The van der Waals surface area contributed by atoms with E-state index in [-0.39, 0.29) is 6.04 Å². The molecule has 0 bridgehead atoms. The topological polar surface area (TPSA) is 68.1 Å². The molecule has 1 unspecified atom stereocenters. The van der Waals surface area contributed by atoms with E-state index < -0.39 is 10.0 Å². The number of hydrogen-bond donors (Lipinski definition) is 0. The zero-order valence-corrected chi connectivity index (χ0v) is 14.6. The quantitative estimate of drug-likeness (QED) is 0.833. The molecular weight excluding hydrogens is 324 g/mol. The lowest BCUT2D eigenvalue weighted by atomic mass is 10.2. The molecule has 1 saturated carbocycles. The Kier molecular flexibility index (Phi) is 3.92. The first-order valence-corrected chi connectivity index (χ1v) is 10.0. The van der Waals surface area contributed by atoms with Gasteiger partial charge in [0.25, 0.3) is 0 Å². The van der Waals surface area contributed by atoms with Crippen LogP contribution < -0.4 is 0 Å². The minimum atomic E-state index is -3.43. The fraction of sp³-hybridized carbons (Fsp3) is 0.529. The SMILES string of the molecule is CCc1ccc(S(=O)(=O)N2CCC(n3cc(C4CC4)nn3)C2)cc1. The highest BCUT2D eigenvalue weighted by molar-refractivity contribution is 7.89. The van der Waals surface area contributed by atoms with Gasteiger partial charge >= 0.3 is 0 Å². The first-order valence-electron chi connectivity index (χ1n) is 8.58. The van der Waals surface area contributed by atoms with Gasteiger partial charge < -0.3 is 0 Å². The van der Waals surface area contributed by atoms with Crippen LogP contribution in [0.1, 0.15) is 49.4 Å². The van der Waals surface area contributed by atoms with E-state index in [2.05, 4.69) is 17.2 Å². The Labute approximate surface area is 142 Å². The normalized spacial score (nSPS) is 22.1. The maximum absolute atomic E-state index is 12.8. The van der Waals surface area contributed by atoms with Crippen LogP contribution in [0.2, 0.25) is 0 Å². The van der Waals surface area contributed by atoms with Crippen molar-refractivity contribution in [3.63, 3.8) is 0 Å². The smallest absolute Gasteiger partial charge is 0.243 e. The van der Waals surface area contributed by atoms with Gasteiger partial charge in [-0.15, -0.1) is 5.10 Å². The number of benzene rings is 1. The predicted octanol–water partition coefficient (Wildman–Crippen LogP) is 2.35. The summed E-state index contributed by atoms with van der Waals surface area (Å²) in [4.78, 5) is 0.373. The van der Waals surface area contributed by atoms with Gasteiger partial charge in [0, 0.05) is 25.2 Å². The molecular formula is C17H22N4O2S. The van der Waals surface area contributed by atoms with Crippen LogP contribution in [0.3, 0.4) is 0 Å². The van der Waals surface area contributed by atoms with Crippen molar-refractivity contribution in [1.82, 2.24) is 19.3 Å². The van der Waals surface area contributed by atoms with Crippen LogP contribution in [0, 0.1) is 0 Å². The van der Waals surface area contributed by atoms with E-state index in [4.69, 9.17) is 0 Å². The monoisotopic (exact) mass is 346 g/mol. The molecule has 1 aromatic heterocycles. The largest absolute Gasteiger partial charge is 0.248 e. The zero-order valence-electron chi connectivity index (χ0n) is 13.8. The van der Waals surface area contributed by atoms with Crippen LogP contribution in [0.25, 0.3) is 0 Å². The molecule has 0 radical (unpaired) electrons. The highest BCUT2D eigenvalue weighted by Gasteiger charge is 2.35. The molecule has 1 atom stereocenters. The minimum absolute atomic E-state index is 0.0784. The molecule has 4 rings (SSSR count). The van der Waals surface area contributed by atoms with Gasteiger partial charge in [-0.3, -0.25) is 0 Å². The molecule has 128 valence electrons. The summed E-state index contributed by atoms with van der Waals surface area (Å²) in [7, 11) is -3.43. The third kappa shape index (κ3) is 2.86. The third-order valence-corrected chi connectivity index (χ3v) is 6.87. The van der Waals surface area contributed by atoms with Crippen molar-refractivity contribution in [1.29, 1.82) is 0 Å². The van der Waals surface area contributed by atoms with E-state index in [1.807, 2.05) is 23.0 Å². The number of hydrogen-bond acceptors (Lipinski definition) is 4. The molecule has 1 saturated heterocycles. The Morgan fingerprint density at radius 1 is 1.17 bits per heavy atom. The van der Waals surface area contributed by atoms with Gasteiger partial charge in [-0.1, -0.05) is 24.3 Å². The van der Waals surface area contributed by atoms with Crippen molar-refractivity contribution < 1.29 is 8.42 Å². The van der Waals surface area contributed by atoms with Crippen molar-refractivity contribution in [3.05, 3.63) is 41.7 Å². The summed E-state index contributed by atoms with van der Waals surface area (Å²) in [5, 5.41) is 8.45. The van der Waals surface area contributed by atoms with Crippen LogP contribution in [0.5, 0.6) is 0 Å². The molecule has 0 amide bonds. The first-order chi connectivity index (χ1) is 11.6. The molecule has 2 aromatic rings. The average molecular weight is 346 g/mol. The summed E-state index contributed by atoms with van der Waals surface area (Å²) in [5.74, 6) is 0.567. The second kappa shape index (κ2) is 5.97. The molecule has 0 N–H and O–H groups in total. The van der Waals surface area contributed by atoms with Gasteiger partial charge in [-0.05, 0) is 43.4 Å². The number of nitrogens with zero attached hydrogens (tertiary/aromatic N) is 4. The van der Waals surface area contributed by atoms with Crippen molar-refractivity contribution in [2.75, 3.05) is 13.1 Å². The van der Waals surface area contributed by atoms with Crippen LogP contribution in [0.15, 0.2) is 35.4 Å². The molecule has 24 heavy (non-hydrogen) atoms. The van der Waals surface area contributed by atoms with E-state index in [1.54, 1.807) is 16.4 Å². The lowest BCUT2D eigenvalue weighted by Crippen LogP contribution is -2.29. The Bertz CT molecular complexity index is 825. The molecule has 7 heteroatoms. The maximum atomic E-state index is 12.8. The van der Waals surface area contributed by atoms with E-state index >= 15 is 0 Å². The third-order valence-electron chi connectivity index (χ3n) is 4.99. The lowest BCUT2D eigenvalue weighted by molar-refractivity contribution is 0.428. The summed E-state index contributed by atoms with van der Waals surface area (Å²) < 4.78 is 29.0. The van der Waals surface area contributed by atoms with Crippen molar-refractivity contribution in [3.8, 4) is 0 Å². The van der Waals surface area contributed by atoms with Gasteiger partial charge in [-0.2, -0.15) is 4.31 Å². The van der Waals surface area contributed by atoms with E-state index in [0.29, 0.717) is 23.9 Å². The predicted molar refractivity (Wildman–Crippen MR) is 90.2 cm³/mol. The van der Waals surface area contributed by atoms with Crippen LogP contribution in [0.4, 0.5) is 0 Å². The van der Waals surface area contributed by atoms with Crippen LogP contribution in [-0.4, -0.2) is 40.8 Å². The number of aromatic nitrogens is 3. The Hall–Kier alpha value is -1.73. The average Bonchev–Trinajstić information content (AvgIpc) is 3.13. The zero-order chi connectivity index (χ0) is 16.7. The first kappa shape index (κ1) is 15.8. The Balaban J connectivity index is 1.49. The molecule has 2 fully saturated rings. The minimum Gasteiger partial charge on any atom is -0.248 e. The fourth-order valence-electron chi connectivity index (χ4n) is 3.23. The summed E-state index contributed by atoms with van der Waals surface area (Å²) in [6.07, 6.45) is 6.06. The Morgan fingerprint density at radius 2 is 1.92 bits per heavy atom. The summed E-state index contributed by atoms with van der Waals surface area (Å²) >= 11 is 0. The van der Waals surface area contributed by atoms with Crippen LogP contribution >= 0.6 is 0 Å². The van der Waals surface area contributed by atoms with Crippen molar-refractivity contribution in [2.24, 2.45) is 0 Å². The van der Waals surface area contributed by atoms with Gasteiger partial charge in [-0.25, -0.2) is 13.1 Å². The van der Waals surface area contributed by atoms with Crippen molar-refractivity contribution in [2.45, 2.75) is 49.5 Å². The number of aryl methyl sites for hydroxylation is 1. The second-order valence-corrected chi connectivity index (χ2v) is 8.64. The molecule has 1 aliphatic carbocycles.